The maximum absolute atomic E-state index is 13.9. The van der Waals surface area contributed by atoms with Crippen LogP contribution < -0.4 is 5.32 Å². The second-order valence-electron chi connectivity index (χ2n) is 5.75. The molecule has 0 unspecified atom stereocenters. The highest BCUT2D eigenvalue weighted by Gasteiger charge is 2.43. The van der Waals surface area contributed by atoms with Gasteiger partial charge in [0.2, 0.25) is 0 Å². The van der Waals surface area contributed by atoms with Gasteiger partial charge in [-0.3, -0.25) is 4.79 Å². The summed E-state index contributed by atoms with van der Waals surface area (Å²) in [7, 11) is 0. The van der Waals surface area contributed by atoms with Crippen molar-refractivity contribution in [3.8, 4) is 0 Å². The summed E-state index contributed by atoms with van der Waals surface area (Å²) in [4.78, 5) is 11.4. The Balaban J connectivity index is 1.76. The van der Waals surface area contributed by atoms with Crippen molar-refractivity contribution in [3.63, 3.8) is 0 Å². The number of rotatable bonds is 5. The lowest BCUT2D eigenvalue weighted by Gasteiger charge is -2.18. The molecule has 0 radical (unpaired) electrons. The number of carbonyl (C=O) groups excluding carboxylic acids is 1. The molecule has 0 spiro atoms. The van der Waals surface area contributed by atoms with Gasteiger partial charge in [-0.15, -0.1) is 0 Å². The average molecular weight is 283 g/mol. The normalized spacial score (nSPS) is 15.5. The van der Waals surface area contributed by atoms with E-state index >= 15 is 0 Å². The van der Waals surface area contributed by atoms with Crippen molar-refractivity contribution < 1.29 is 9.18 Å². The van der Waals surface area contributed by atoms with Crippen LogP contribution in [0.2, 0.25) is 0 Å². The van der Waals surface area contributed by atoms with Crippen molar-refractivity contribution in [2.75, 3.05) is 11.9 Å². The van der Waals surface area contributed by atoms with E-state index in [0.29, 0.717) is 17.8 Å². The largest absolute Gasteiger partial charge is 0.382 e. The zero-order valence-corrected chi connectivity index (χ0v) is 12.0. The number of hydrogen-bond acceptors (Lipinski definition) is 2. The number of carbonyl (C=O) groups is 1. The molecule has 0 bridgehead atoms. The molecule has 0 saturated heterocycles. The van der Waals surface area contributed by atoms with E-state index < -0.39 is 0 Å². The standard InChI is InChI=1S/C18H18FNO/c1-13(21)14-7-8-16(19)17(11-14)20-12-18(9-10-18)15-5-3-2-4-6-15/h2-8,11,20H,9-10,12H2,1H3. The van der Waals surface area contributed by atoms with Gasteiger partial charge in [-0.1, -0.05) is 30.3 Å². The highest BCUT2D eigenvalue weighted by atomic mass is 19.1. The SMILES string of the molecule is CC(=O)c1ccc(F)c(NCC2(c3ccccc3)CC2)c1. The fourth-order valence-electron chi connectivity index (χ4n) is 2.65. The molecule has 1 saturated carbocycles. The Bertz CT molecular complexity index is 662. The van der Waals surface area contributed by atoms with Gasteiger partial charge < -0.3 is 5.32 Å². The van der Waals surface area contributed by atoms with E-state index in [1.54, 1.807) is 6.07 Å². The second-order valence-corrected chi connectivity index (χ2v) is 5.75. The van der Waals surface area contributed by atoms with Crippen LogP contribution in [0.3, 0.4) is 0 Å². The minimum absolute atomic E-state index is 0.0535. The van der Waals surface area contributed by atoms with Crippen molar-refractivity contribution in [1.29, 1.82) is 0 Å². The minimum atomic E-state index is -0.316. The first-order valence-electron chi connectivity index (χ1n) is 7.21. The van der Waals surface area contributed by atoms with Crippen LogP contribution in [0.15, 0.2) is 48.5 Å². The van der Waals surface area contributed by atoms with Crippen LogP contribution in [0.1, 0.15) is 35.7 Å². The van der Waals surface area contributed by atoms with E-state index in [1.165, 1.54) is 24.6 Å². The van der Waals surface area contributed by atoms with E-state index in [1.807, 2.05) is 18.2 Å². The minimum Gasteiger partial charge on any atom is -0.382 e. The van der Waals surface area contributed by atoms with Crippen molar-refractivity contribution >= 4 is 11.5 Å². The number of Topliss-reactive ketones (excluding diaryl/α,β-unsaturated/α-hetero) is 1. The van der Waals surface area contributed by atoms with E-state index in [2.05, 4.69) is 17.4 Å². The molecule has 3 heteroatoms. The number of nitrogens with one attached hydrogen (secondary N) is 1. The van der Waals surface area contributed by atoms with Crippen molar-refractivity contribution in [2.45, 2.75) is 25.2 Å². The maximum Gasteiger partial charge on any atom is 0.159 e. The van der Waals surface area contributed by atoms with Crippen LogP contribution in [0.4, 0.5) is 10.1 Å². The summed E-state index contributed by atoms with van der Waals surface area (Å²) in [6, 6.07) is 14.8. The van der Waals surface area contributed by atoms with Gasteiger partial charge >= 0.3 is 0 Å². The lowest BCUT2D eigenvalue weighted by Crippen LogP contribution is -2.20. The second kappa shape index (κ2) is 5.32. The van der Waals surface area contributed by atoms with E-state index in [-0.39, 0.29) is 17.0 Å². The molecular formula is C18H18FNO. The van der Waals surface area contributed by atoms with E-state index in [0.717, 1.165) is 12.8 Å². The molecule has 0 atom stereocenters. The quantitative estimate of drug-likeness (QED) is 0.834. The number of anilines is 1. The van der Waals surface area contributed by atoms with Crippen LogP contribution >= 0.6 is 0 Å². The van der Waals surface area contributed by atoms with E-state index in [4.69, 9.17) is 0 Å². The Morgan fingerprint density at radius 2 is 1.90 bits per heavy atom. The van der Waals surface area contributed by atoms with Gasteiger partial charge in [-0.05, 0) is 43.5 Å². The summed E-state index contributed by atoms with van der Waals surface area (Å²) in [6.45, 7) is 2.18. The zero-order valence-electron chi connectivity index (χ0n) is 12.0. The molecule has 108 valence electrons. The summed E-state index contributed by atoms with van der Waals surface area (Å²) < 4.78 is 13.9. The Morgan fingerprint density at radius 1 is 1.19 bits per heavy atom. The van der Waals surface area contributed by atoms with Gasteiger partial charge in [-0.25, -0.2) is 4.39 Å². The molecular weight excluding hydrogens is 265 g/mol. The number of hydrogen-bond donors (Lipinski definition) is 1. The third-order valence-electron chi connectivity index (χ3n) is 4.23. The average Bonchev–Trinajstić information content (AvgIpc) is 3.28. The van der Waals surface area contributed by atoms with Crippen LogP contribution in [-0.4, -0.2) is 12.3 Å². The number of ketones is 1. The van der Waals surface area contributed by atoms with Crippen LogP contribution in [0.25, 0.3) is 0 Å². The topological polar surface area (TPSA) is 29.1 Å². The van der Waals surface area contributed by atoms with Crippen molar-refractivity contribution in [2.24, 2.45) is 0 Å². The summed E-state index contributed by atoms with van der Waals surface area (Å²) in [5.41, 5.74) is 2.34. The first kappa shape index (κ1) is 13.8. The Hall–Kier alpha value is -2.16. The molecule has 1 aliphatic rings. The fourth-order valence-corrected chi connectivity index (χ4v) is 2.65. The molecule has 0 aromatic heterocycles. The zero-order chi connectivity index (χ0) is 14.9. The Kier molecular flexibility index (Phi) is 3.50. The van der Waals surface area contributed by atoms with Crippen molar-refractivity contribution in [1.82, 2.24) is 0 Å². The lowest BCUT2D eigenvalue weighted by atomic mass is 9.96. The van der Waals surface area contributed by atoms with Gasteiger partial charge in [0.1, 0.15) is 5.82 Å². The van der Waals surface area contributed by atoms with Crippen LogP contribution in [-0.2, 0) is 5.41 Å². The summed E-state index contributed by atoms with van der Waals surface area (Å²) in [5, 5.41) is 3.18. The van der Waals surface area contributed by atoms with Gasteiger partial charge in [0.25, 0.3) is 0 Å². The maximum atomic E-state index is 13.9. The van der Waals surface area contributed by atoms with Crippen molar-refractivity contribution in [3.05, 3.63) is 65.5 Å². The molecule has 2 nitrogen and oxygen atoms in total. The molecule has 0 aliphatic heterocycles. The third-order valence-corrected chi connectivity index (χ3v) is 4.23. The lowest BCUT2D eigenvalue weighted by molar-refractivity contribution is 0.101. The molecule has 2 aromatic rings. The van der Waals surface area contributed by atoms with E-state index in [9.17, 15) is 9.18 Å². The van der Waals surface area contributed by atoms with Gasteiger partial charge in [0, 0.05) is 17.5 Å². The first-order valence-corrected chi connectivity index (χ1v) is 7.21. The van der Waals surface area contributed by atoms with Gasteiger partial charge in [0.05, 0.1) is 5.69 Å². The first-order chi connectivity index (χ1) is 10.1. The molecule has 0 heterocycles. The smallest absolute Gasteiger partial charge is 0.159 e. The number of benzene rings is 2. The fraction of sp³-hybridized carbons (Fsp3) is 0.278. The molecule has 1 aliphatic carbocycles. The summed E-state index contributed by atoms with van der Waals surface area (Å²) in [6.07, 6.45) is 2.22. The highest BCUT2D eigenvalue weighted by molar-refractivity contribution is 5.95. The molecule has 21 heavy (non-hydrogen) atoms. The predicted octanol–water partition coefficient (Wildman–Crippen LogP) is 4.17. The summed E-state index contributed by atoms with van der Waals surface area (Å²) in [5.74, 6) is -0.369. The Morgan fingerprint density at radius 3 is 2.52 bits per heavy atom. The monoisotopic (exact) mass is 283 g/mol. The summed E-state index contributed by atoms with van der Waals surface area (Å²) >= 11 is 0. The highest BCUT2D eigenvalue weighted by Crippen LogP contribution is 2.48. The molecule has 0 amide bonds. The third kappa shape index (κ3) is 2.82. The van der Waals surface area contributed by atoms with Crippen LogP contribution in [0, 0.1) is 5.82 Å². The molecule has 3 rings (SSSR count). The van der Waals surface area contributed by atoms with Crippen LogP contribution in [0.5, 0.6) is 0 Å². The van der Waals surface area contributed by atoms with Gasteiger partial charge in [0.15, 0.2) is 5.78 Å². The number of halogens is 1. The Labute approximate surface area is 124 Å². The molecule has 1 fully saturated rings. The molecule has 1 N–H and O–H groups in total. The predicted molar refractivity (Wildman–Crippen MR) is 82.2 cm³/mol. The van der Waals surface area contributed by atoms with Gasteiger partial charge in [-0.2, -0.15) is 0 Å². The molecule has 2 aromatic carbocycles.